The highest BCUT2D eigenvalue weighted by molar-refractivity contribution is 9.10. The first-order valence-corrected chi connectivity index (χ1v) is 5.05. The van der Waals surface area contributed by atoms with Crippen molar-refractivity contribution in [1.82, 2.24) is 0 Å². The minimum atomic E-state index is -0.332. The summed E-state index contributed by atoms with van der Waals surface area (Å²) in [6.45, 7) is -0.0546. The van der Waals surface area contributed by atoms with E-state index in [0.29, 0.717) is 0 Å². The molecule has 1 aromatic heterocycles. The SMILES string of the molecule is NC(CO)c1ccc2occ(Br)c2c1. The Kier molecular flexibility index (Phi) is 2.58. The van der Waals surface area contributed by atoms with Crippen LogP contribution in [0.3, 0.4) is 0 Å². The van der Waals surface area contributed by atoms with Gasteiger partial charge in [-0.05, 0) is 33.6 Å². The summed E-state index contributed by atoms with van der Waals surface area (Å²) in [5.74, 6) is 0. The lowest BCUT2D eigenvalue weighted by atomic mass is 10.1. The number of rotatable bonds is 2. The van der Waals surface area contributed by atoms with Gasteiger partial charge < -0.3 is 15.3 Å². The topological polar surface area (TPSA) is 59.4 Å². The van der Waals surface area contributed by atoms with E-state index >= 15 is 0 Å². The number of furan rings is 1. The summed E-state index contributed by atoms with van der Waals surface area (Å²) < 4.78 is 6.17. The number of hydrogen-bond donors (Lipinski definition) is 2. The van der Waals surface area contributed by atoms with Gasteiger partial charge in [-0.2, -0.15) is 0 Å². The van der Waals surface area contributed by atoms with Crippen LogP contribution >= 0.6 is 15.9 Å². The third-order valence-corrected chi connectivity index (χ3v) is 2.79. The molecule has 0 amide bonds. The fourth-order valence-electron chi connectivity index (χ4n) is 1.35. The molecule has 3 nitrogen and oxygen atoms in total. The molecule has 0 spiro atoms. The molecule has 2 rings (SSSR count). The van der Waals surface area contributed by atoms with Crippen LogP contribution in [0.25, 0.3) is 11.0 Å². The lowest BCUT2D eigenvalue weighted by molar-refractivity contribution is 0.268. The molecule has 0 saturated heterocycles. The minimum absolute atomic E-state index is 0.0546. The highest BCUT2D eigenvalue weighted by Gasteiger charge is 2.08. The molecule has 2 aromatic rings. The van der Waals surface area contributed by atoms with Gasteiger partial charge in [0.1, 0.15) is 11.8 Å². The maximum Gasteiger partial charge on any atom is 0.135 e. The number of benzene rings is 1. The van der Waals surface area contributed by atoms with Gasteiger partial charge in [0.05, 0.1) is 17.1 Å². The second kappa shape index (κ2) is 3.73. The fraction of sp³-hybridized carbons (Fsp3) is 0.200. The summed E-state index contributed by atoms with van der Waals surface area (Å²) in [5, 5.41) is 9.90. The van der Waals surface area contributed by atoms with Gasteiger partial charge >= 0.3 is 0 Å². The minimum Gasteiger partial charge on any atom is -0.463 e. The summed E-state index contributed by atoms with van der Waals surface area (Å²) in [6, 6.07) is 5.30. The third-order valence-electron chi connectivity index (χ3n) is 2.18. The molecule has 0 aliphatic rings. The quantitative estimate of drug-likeness (QED) is 0.865. The van der Waals surface area contributed by atoms with Crippen molar-refractivity contribution < 1.29 is 9.52 Å². The standard InChI is InChI=1S/C10H10BrNO2/c11-8-5-14-10-2-1-6(3-7(8)10)9(12)4-13/h1-3,5,9,13H,4,12H2. The predicted molar refractivity (Wildman–Crippen MR) is 57.9 cm³/mol. The first kappa shape index (κ1) is 9.71. The highest BCUT2D eigenvalue weighted by Crippen LogP contribution is 2.28. The van der Waals surface area contributed by atoms with Crippen molar-refractivity contribution in [2.75, 3.05) is 6.61 Å². The van der Waals surface area contributed by atoms with Gasteiger partial charge in [0, 0.05) is 5.39 Å². The van der Waals surface area contributed by atoms with Crippen LogP contribution in [0.15, 0.2) is 33.4 Å². The Morgan fingerprint density at radius 1 is 1.50 bits per heavy atom. The van der Waals surface area contributed by atoms with Crippen LogP contribution in [-0.4, -0.2) is 11.7 Å². The van der Waals surface area contributed by atoms with Crippen LogP contribution in [-0.2, 0) is 0 Å². The predicted octanol–water partition coefficient (Wildman–Crippen LogP) is 2.19. The molecule has 4 heteroatoms. The molecule has 1 aromatic carbocycles. The van der Waals surface area contributed by atoms with E-state index < -0.39 is 0 Å². The number of hydrogen-bond acceptors (Lipinski definition) is 3. The molecule has 0 bridgehead atoms. The average molecular weight is 256 g/mol. The maximum atomic E-state index is 8.92. The monoisotopic (exact) mass is 255 g/mol. The van der Waals surface area contributed by atoms with Crippen molar-refractivity contribution >= 4 is 26.9 Å². The zero-order valence-corrected chi connectivity index (χ0v) is 8.99. The Morgan fingerprint density at radius 2 is 2.29 bits per heavy atom. The molecular formula is C10H10BrNO2. The number of nitrogens with two attached hydrogens (primary N) is 1. The van der Waals surface area contributed by atoms with E-state index in [9.17, 15) is 0 Å². The molecule has 3 N–H and O–H groups in total. The second-order valence-electron chi connectivity index (χ2n) is 3.13. The Morgan fingerprint density at radius 3 is 3.00 bits per heavy atom. The molecule has 0 aliphatic heterocycles. The Bertz CT molecular complexity index is 452. The molecular weight excluding hydrogens is 246 g/mol. The van der Waals surface area contributed by atoms with Crippen molar-refractivity contribution in [1.29, 1.82) is 0 Å². The Labute approximate surface area is 89.6 Å². The normalized spacial score (nSPS) is 13.4. The van der Waals surface area contributed by atoms with Gasteiger partial charge in [-0.25, -0.2) is 0 Å². The zero-order chi connectivity index (χ0) is 10.1. The molecule has 0 fully saturated rings. The maximum absolute atomic E-state index is 8.92. The van der Waals surface area contributed by atoms with Crippen LogP contribution in [0.5, 0.6) is 0 Å². The Hall–Kier alpha value is -0.840. The molecule has 74 valence electrons. The molecule has 0 aliphatic carbocycles. The number of aliphatic hydroxyl groups excluding tert-OH is 1. The number of halogens is 1. The summed E-state index contributed by atoms with van der Waals surface area (Å²) in [4.78, 5) is 0. The van der Waals surface area contributed by atoms with Gasteiger partial charge in [0.15, 0.2) is 0 Å². The van der Waals surface area contributed by atoms with Crippen molar-refractivity contribution in [3.63, 3.8) is 0 Å². The first-order chi connectivity index (χ1) is 6.72. The summed E-state index contributed by atoms with van der Waals surface area (Å²) in [6.07, 6.45) is 1.64. The lowest BCUT2D eigenvalue weighted by Gasteiger charge is -2.07. The fourth-order valence-corrected chi connectivity index (χ4v) is 1.76. The van der Waals surface area contributed by atoms with E-state index in [1.54, 1.807) is 6.26 Å². The van der Waals surface area contributed by atoms with Crippen molar-refractivity contribution in [2.24, 2.45) is 5.73 Å². The van der Waals surface area contributed by atoms with Crippen LogP contribution in [0.4, 0.5) is 0 Å². The summed E-state index contributed by atoms with van der Waals surface area (Å²) in [7, 11) is 0. The largest absolute Gasteiger partial charge is 0.463 e. The lowest BCUT2D eigenvalue weighted by Crippen LogP contribution is -2.14. The van der Waals surface area contributed by atoms with Gasteiger partial charge in [0.25, 0.3) is 0 Å². The van der Waals surface area contributed by atoms with E-state index in [4.69, 9.17) is 15.3 Å². The number of aliphatic hydroxyl groups is 1. The molecule has 14 heavy (non-hydrogen) atoms. The third kappa shape index (κ3) is 1.56. The molecule has 1 unspecified atom stereocenters. The van der Waals surface area contributed by atoms with Crippen LogP contribution in [0.2, 0.25) is 0 Å². The van der Waals surface area contributed by atoms with Crippen molar-refractivity contribution in [3.8, 4) is 0 Å². The van der Waals surface area contributed by atoms with E-state index in [2.05, 4.69) is 15.9 Å². The van der Waals surface area contributed by atoms with Crippen LogP contribution in [0.1, 0.15) is 11.6 Å². The van der Waals surface area contributed by atoms with Gasteiger partial charge in [-0.15, -0.1) is 0 Å². The smallest absolute Gasteiger partial charge is 0.135 e. The first-order valence-electron chi connectivity index (χ1n) is 4.25. The van der Waals surface area contributed by atoms with E-state index in [0.717, 1.165) is 21.0 Å². The summed E-state index contributed by atoms with van der Waals surface area (Å²) in [5.41, 5.74) is 7.42. The van der Waals surface area contributed by atoms with Crippen LogP contribution in [0, 0.1) is 0 Å². The number of fused-ring (bicyclic) bond motifs is 1. The van der Waals surface area contributed by atoms with Gasteiger partial charge in [0.2, 0.25) is 0 Å². The van der Waals surface area contributed by atoms with Crippen molar-refractivity contribution in [2.45, 2.75) is 6.04 Å². The molecule has 1 atom stereocenters. The van der Waals surface area contributed by atoms with E-state index in [-0.39, 0.29) is 12.6 Å². The average Bonchev–Trinajstić information content (AvgIpc) is 2.59. The zero-order valence-electron chi connectivity index (χ0n) is 7.40. The van der Waals surface area contributed by atoms with Crippen LogP contribution < -0.4 is 5.73 Å². The van der Waals surface area contributed by atoms with Crippen molar-refractivity contribution in [3.05, 3.63) is 34.5 Å². The molecule has 0 saturated carbocycles. The Balaban J connectivity index is 2.54. The highest BCUT2D eigenvalue weighted by atomic mass is 79.9. The molecule has 1 heterocycles. The summed E-state index contributed by atoms with van der Waals surface area (Å²) >= 11 is 3.37. The second-order valence-corrected chi connectivity index (χ2v) is 3.98. The van der Waals surface area contributed by atoms with E-state index in [1.807, 2.05) is 18.2 Å². The molecule has 0 radical (unpaired) electrons. The van der Waals surface area contributed by atoms with Gasteiger partial charge in [-0.1, -0.05) is 6.07 Å². The van der Waals surface area contributed by atoms with E-state index in [1.165, 1.54) is 0 Å². The van der Waals surface area contributed by atoms with Gasteiger partial charge in [-0.3, -0.25) is 0 Å².